The Morgan fingerprint density at radius 3 is 2.67 bits per heavy atom. The highest BCUT2D eigenvalue weighted by Gasteiger charge is 2.30. The highest BCUT2D eigenvalue weighted by atomic mass is 19.4. The van der Waals surface area contributed by atoms with Crippen molar-refractivity contribution in [2.24, 2.45) is 5.92 Å². The SMILES string of the molecule is CC(NCC1CCCCC1O)c1cccc(C(F)(F)F)c1. The summed E-state index contributed by atoms with van der Waals surface area (Å²) in [6.45, 7) is 2.49. The first-order valence-corrected chi connectivity index (χ1v) is 7.46. The Morgan fingerprint density at radius 2 is 2.00 bits per heavy atom. The molecule has 21 heavy (non-hydrogen) atoms. The van der Waals surface area contributed by atoms with Crippen LogP contribution in [-0.4, -0.2) is 17.8 Å². The molecule has 2 nitrogen and oxygen atoms in total. The van der Waals surface area contributed by atoms with Gasteiger partial charge in [-0.15, -0.1) is 0 Å². The van der Waals surface area contributed by atoms with E-state index >= 15 is 0 Å². The Balaban J connectivity index is 1.95. The summed E-state index contributed by atoms with van der Waals surface area (Å²) in [5.41, 5.74) is 0.00137. The van der Waals surface area contributed by atoms with E-state index < -0.39 is 11.7 Å². The second kappa shape index (κ2) is 6.79. The second-order valence-corrected chi connectivity index (χ2v) is 5.87. The summed E-state index contributed by atoms with van der Waals surface area (Å²) in [5.74, 6) is 0.201. The smallest absolute Gasteiger partial charge is 0.393 e. The molecule has 0 aromatic heterocycles. The minimum atomic E-state index is -4.31. The molecule has 5 heteroatoms. The maximum Gasteiger partial charge on any atom is 0.416 e. The molecule has 2 N–H and O–H groups in total. The van der Waals surface area contributed by atoms with E-state index in [-0.39, 0.29) is 18.1 Å². The zero-order chi connectivity index (χ0) is 15.5. The summed E-state index contributed by atoms with van der Waals surface area (Å²) in [5, 5.41) is 13.2. The molecule has 0 radical (unpaired) electrons. The lowest BCUT2D eigenvalue weighted by Gasteiger charge is -2.29. The van der Waals surface area contributed by atoms with Crippen molar-refractivity contribution in [2.75, 3.05) is 6.54 Å². The quantitative estimate of drug-likeness (QED) is 0.884. The van der Waals surface area contributed by atoms with Crippen LogP contribution in [0.25, 0.3) is 0 Å². The zero-order valence-electron chi connectivity index (χ0n) is 12.2. The number of hydrogen-bond donors (Lipinski definition) is 2. The first-order valence-electron chi connectivity index (χ1n) is 7.46. The molecule has 3 atom stereocenters. The summed E-state index contributed by atoms with van der Waals surface area (Å²) in [7, 11) is 0. The van der Waals surface area contributed by atoms with Crippen LogP contribution in [0.15, 0.2) is 24.3 Å². The van der Waals surface area contributed by atoms with Gasteiger partial charge in [-0.05, 0) is 43.4 Å². The molecule has 0 spiro atoms. The zero-order valence-corrected chi connectivity index (χ0v) is 12.2. The fourth-order valence-electron chi connectivity index (χ4n) is 2.86. The number of rotatable bonds is 4. The molecule has 0 aliphatic heterocycles. The van der Waals surface area contributed by atoms with E-state index in [0.717, 1.165) is 31.7 Å². The lowest BCUT2D eigenvalue weighted by Crippen LogP contribution is -2.35. The molecular weight excluding hydrogens is 279 g/mol. The van der Waals surface area contributed by atoms with Crippen molar-refractivity contribution >= 4 is 0 Å². The van der Waals surface area contributed by atoms with Crippen molar-refractivity contribution in [1.29, 1.82) is 0 Å². The van der Waals surface area contributed by atoms with Crippen LogP contribution in [0.2, 0.25) is 0 Å². The summed E-state index contributed by atoms with van der Waals surface area (Å²) in [6.07, 6.45) is -0.634. The van der Waals surface area contributed by atoms with Gasteiger partial charge in [-0.25, -0.2) is 0 Å². The van der Waals surface area contributed by atoms with Crippen molar-refractivity contribution in [3.8, 4) is 0 Å². The Bertz CT molecular complexity index is 461. The van der Waals surface area contributed by atoms with Crippen LogP contribution in [-0.2, 0) is 6.18 Å². The monoisotopic (exact) mass is 301 g/mol. The van der Waals surface area contributed by atoms with Gasteiger partial charge in [-0.1, -0.05) is 25.0 Å². The topological polar surface area (TPSA) is 32.3 Å². The highest BCUT2D eigenvalue weighted by Crippen LogP contribution is 2.31. The summed E-state index contributed by atoms with van der Waals surface area (Å²) in [4.78, 5) is 0. The predicted molar refractivity (Wildman–Crippen MR) is 75.8 cm³/mol. The summed E-state index contributed by atoms with van der Waals surface area (Å²) < 4.78 is 38.1. The Kier molecular flexibility index (Phi) is 5.27. The molecule has 0 bridgehead atoms. The Hall–Kier alpha value is -1.07. The van der Waals surface area contributed by atoms with Gasteiger partial charge in [0.25, 0.3) is 0 Å². The van der Waals surface area contributed by atoms with Gasteiger partial charge in [-0.2, -0.15) is 13.2 Å². The van der Waals surface area contributed by atoms with Gasteiger partial charge in [-0.3, -0.25) is 0 Å². The van der Waals surface area contributed by atoms with Crippen LogP contribution in [0.5, 0.6) is 0 Å². The van der Waals surface area contributed by atoms with Gasteiger partial charge in [0.05, 0.1) is 11.7 Å². The Morgan fingerprint density at radius 1 is 1.29 bits per heavy atom. The average molecular weight is 301 g/mol. The number of benzene rings is 1. The number of alkyl halides is 3. The van der Waals surface area contributed by atoms with Gasteiger partial charge in [0.2, 0.25) is 0 Å². The fraction of sp³-hybridized carbons (Fsp3) is 0.625. The van der Waals surface area contributed by atoms with E-state index in [2.05, 4.69) is 5.32 Å². The third-order valence-corrected chi connectivity index (χ3v) is 4.27. The minimum absolute atomic E-state index is 0.165. The third-order valence-electron chi connectivity index (χ3n) is 4.27. The number of aliphatic hydroxyl groups is 1. The largest absolute Gasteiger partial charge is 0.416 e. The fourth-order valence-corrected chi connectivity index (χ4v) is 2.86. The van der Waals surface area contributed by atoms with Crippen LogP contribution in [0, 0.1) is 5.92 Å². The van der Waals surface area contributed by atoms with Gasteiger partial charge < -0.3 is 10.4 Å². The molecular formula is C16H22F3NO. The van der Waals surface area contributed by atoms with Gasteiger partial charge in [0.1, 0.15) is 0 Å². The van der Waals surface area contributed by atoms with Crippen molar-refractivity contribution in [2.45, 2.75) is 50.9 Å². The second-order valence-electron chi connectivity index (χ2n) is 5.87. The molecule has 118 valence electrons. The van der Waals surface area contributed by atoms with Crippen LogP contribution in [0.1, 0.15) is 49.8 Å². The molecule has 0 saturated heterocycles. The van der Waals surface area contributed by atoms with Crippen molar-refractivity contribution in [3.05, 3.63) is 35.4 Å². The van der Waals surface area contributed by atoms with E-state index in [1.165, 1.54) is 12.1 Å². The standard InChI is InChI=1S/C16H22F3NO/c1-11(20-10-13-5-2-3-8-15(13)21)12-6-4-7-14(9-12)16(17,18)19/h4,6-7,9,11,13,15,20-21H,2-3,5,8,10H2,1H3. The van der Waals surface area contributed by atoms with Crippen molar-refractivity contribution < 1.29 is 18.3 Å². The van der Waals surface area contributed by atoms with E-state index in [1.54, 1.807) is 6.07 Å². The van der Waals surface area contributed by atoms with Gasteiger partial charge >= 0.3 is 6.18 Å². The van der Waals surface area contributed by atoms with Crippen LogP contribution < -0.4 is 5.32 Å². The number of aliphatic hydroxyl groups excluding tert-OH is 1. The molecule has 1 fully saturated rings. The molecule has 1 aliphatic carbocycles. The minimum Gasteiger partial charge on any atom is -0.393 e. The van der Waals surface area contributed by atoms with Gasteiger partial charge in [0, 0.05) is 12.6 Å². The molecule has 2 rings (SSSR count). The van der Waals surface area contributed by atoms with Crippen molar-refractivity contribution in [1.82, 2.24) is 5.32 Å². The highest BCUT2D eigenvalue weighted by molar-refractivity contribution is 5.27. The lowest BCUT2D eigenvalue weighted by molar-refractivity contribution is -0.137. The third kappa shape index (κ3) is 4.45. The van der Waals surface area contributed by atoms with Gasteiger partial charge in [0.15, 0.2) is 0 Å². The number of halogens is 3. The molecule has 1 aliphatic rings. The van der Waals surface area contributed by atoms with Crippen LogP contribution in [0.4, 0.5) is 13.2 Å². The molecule has 0 heterocycles. The van der Waals surface area contributed by atoms with E-state index in [1.807, 2.05) is 6.92 Å². The van der Waals surface area contributed by atoms with E-state index in [0.29, 0.717) is 12.1 Å². The van der Waals surface area contributed by atoms with Crippen LogP contribution >= 0.6 is 0 Å². The normalized spacial score (nSPS) is 24.8. The summed E-state index contributed by atoms with van der Waals surface area (Å²) in [6, 6.07) is 5.24. The molecule has 1 saturated carbocycles. The maximum absolute atomic E-state index is 12.7. The molecule has 0 amide bonds. The number of nitrogens with one attached hydrogen (secondary N) is 1. The first kappa shape index (κ1) is 16.3. The van der Waals surface area contributed by atoms with E-state index in [4.69, 9.17) is 0 Å². The molecule has 3 unspecified atom stereocenters. The number of hydrogen-bond acceptors (Lipinski definition) is 2. The molecule has 1 aromatic rings. The first-order chi connectivity index (χ1) is 9.88. The molecule has 1 aromatic carbocycles. The van der Waals surface area contributed by atoms with Crippen molar-refractivity contribution in [3.63, 3.8) is 0 Å². The predicted octanol–water partition coefficient (Wildman–Crippen LogP) is 3.91. The average Bonchev–Trinajstić information content (AvgIpc) is 2.45. The maximum atomic E-state index is 12.7. The Labute approximate surface area is 123 Å². The van der Waals surface area contributed by atoms with E-state index in [9.17, 15) is 18.3 Å². The van der Waals surface area contributed by atoms with Crippen LogP contribution in [0.3, 0.4) is 0 Å². The lowest BCUT2D eigenvalue weighted by atomic mass is 9.86. The summed E-state index contributed by atoms with van der Waals surface area (Å²) >= 11 is 0.